The predicted molar refractivity (Wildman–Crippen MR) is 81.5 cm³/mol. The molecule has 1 N–H and O–H groups in total. The topological polar surface area (TPSA) is 46.0 Å². The SMILES string of the molecule is CCC(CC)(CNC(C)C)CN1CCn2cnnc2C1. The Bertz CT molecular complexity index is 408. The summed E-state index contributed by atoms with van der Waals surface area (Å²) in [6.07, 6.45) is 4.28. The highest BCUT2D eigenvalue weighted by Gasteiger charge is 2.30. The Kier molecular flexibility index (Phi) is 5.16. The van der Waals surface area contributed by atoms with Crippen LogP contribution in [-0.4, -0.2) is 45.3 Å². The van der Waals surface area contributed by atoms with E-state index < -0.39 is 0 Å². The van der Waals surface area contributed by atoms with Gasteiger partial charge in [0.05, 0.1) is 6.54 Å². The van der Waals surface area contributed by atoms with E-state index in [1.54, 1.807) is 0 Å². The molecule has 0 aliphatic carbocycles. The molecule has 2 rings (SSSR count). The van der Waals surface area contributed by atoms with Gasteiger partial charge in [-0.2, -0.15) is 0 Å². The van der Waals surface area contributed by atoms with Crippen LogP contribution in [0.25, 0.3) is 0 Å². The van der Waals surface area contributed by atoms with E-state index in [4.69, 9.17) is 0 Å². The van der Waals surface area contributed by atoms with Crippen LogP contribution < -0.4 is 5.32 Å². The van der Waals surface area contributed by atoms with Crippen molar-refractivity contribution in [3.8, 4) is 0 Å². The Morgan fingerprint density at radius 1 is 1.30 bits per heavy atom. The van der Waals surface area contributed by atoms with Crippen molar-refractivity contribution in [2.24, 2.45) is 5.41 Å². The van der Waals surface area contributed by atoms with Gasteiger partial charge >= 0.3 is 0 Å². The number of aromatic nitrogens is 3. The highest BCUT2D eigenvalue weighted by molar-refractivity contribution is 4.92. The summed E-state index contributed by atoms with van der Waals surface area (Å²) in [6, 6.07) is 0.553. The van der Waals surface area contributed by atoms with Crippen molar-refractivity contribution in [1.29, 1.82) is 0 Å². The van der Waals surface area contributed by atoms with Crippen LogP contribution in [-0.2, 0) is 13.1 Å². The number of hydrogen-bond donors (Lipinski definition) is 1. The van der Waals surface area contributed by atoms with E-state index in [0.29, 0.717) is 11.5 Å². The highest BCUT2D eigenvalue weighted by Crippen LogP contribution is 2.28. The summed E-state index contributed by atoms with van der Waals surface area (Å²) in [7, 11) is 0. The van der Waals surface area contributed by atoms with Gasteiger partial charge in [-0.3, -0.25) is 4.90 Å². The van der Waals surface area contributed by atoms with E-state index in [1.807, 2.05) is 6.33 Å². The van der Waals surface area contributed by atoms with Gasteiger partial charge < -0.3 is 9.88 Å². The molecule has 2 heterocycles. The van der Waals surface area contributed by atoms with Crippen molar-refractivity contribution in [3.63, 3.8) is 0 Å². The standard InChI is InChI=1S/C15H29N5/c1-5-15(6-2,10-16-13(3)4)11-19-7-8-20-12-17-18-14(20)9-19/h12-13,16H,5-11H2,1-4H3. The summed E-state index contributed by atoms with van der Waals surface area (Å²) in [5.41, 5.74) is 0.368. The van der Waals surface area contributed by atoms with Crippen molar-refractivity contribution >= 4 is 0 Å². The molecular formula is C15H29N5. The zero-order chi connectivity index (χ0) is 14.6. The van der Waals surface area contributed by atoms with Gasteiger partial charge in [0.25, 0.3) is 0 Å². The third kappa shape index (κ3) is 3.58. The minimum absolute atomic E-state index is 0.368. The van der Waals surface area contributed by atoms with Gasteiger partial charge in [0.2, 0.25) is 0 Å². The molecule has 0 atom stereocenters. The Morgan fingerprint density at radius 3 is 2.70 bits per heavy atom. The average Bonchev–Trinajstić information content (AvgIpc) is 2.91. The molecule has 0 unspecified atom stereocenters. The summed E-state index contributed by atoms with van der Waals surface area (Å²) in [4.78, 5) is 2.54. The summed E-state index contributed by atoms with van der Waals surface area (Å²) in [5, 5.41) is 11.9. The molecule has 5 heteroatoms. The molecule has 0 bridgehead atoms. The van der Waals surface area contributed by atoms with Crippen LogP contribution in [0.15, 0.2) is 6.33 Å². The monoisotopic (exact) mass is 279 g/mol. The molecule has 0 saturated heterocycles. The minimum Gasteiger partial charge on any atom is -0.315 e. The molecule has 0 fully saturated rings. The van der Waals surface area contributed by atoms with Crippen LogP contribution in [0.4, 0.5) is 0 Å². The molecule has 20 heavy (non-hydrogen) atoms. The lowest BCUT2D eigenvalue weighted by Crippen LogP contribution is -2.47. The lowest BCUT2D eigenvalue weighted by molar-refractivity contribution is 0.108. The van der Waals surface area contributed by atoms with E-state index >= 15 is 0 Å². The first-order valence-corrected chi connectivity index (χ1v) is 7.91. The van der Waals surface area contributed by atoms with Crippen molar-refractivity contribution < 1.29 is 0 Å². The highest BCUT2D eigenvalue weighted by atomic mass is 15.3. The second kappa shape index (κ2) is 6.68. The molecule has 1 aromatic rings. The summed E-state index contributed by atoms with van der Waals surface area (Å²) >= 11 is 0. The normalized spacial score (nSPS) is 16.6. The molecule has 0 aromatic carbocycles. The first-order valence-electron chi connectivity index (χ1n) is 7.91. The van der Waals surface area contributed by atoms with Gasteiger partial charge in [-0.1, -0.05) is 27.7 Å². The number of fused-ring (bicyclic) bond motifs is 1. The largest absolute Gasteiger partial charge is 0.315 e. The molecule has 1 aliphatic rings. The van der Waals surface area contributed by atoms with Crippen molar-refractivity contribution in [3.05, 3.63) is 12.2 Å². The fraction of sp³-hybridized carbons (Fsp3) is 0.867. The van der Waals surface area contributed by atoms with Crippen LogP contribution >= 0.6 is 0 Å². The second-order valence-corrected chi connectivity index (χ2v) is 6.39. The fourth-order valence-electron chi connectivity index (χ4n) is 2.93. The van der Waals surface area contributed by atoms with E-state index in [0.717, 1.165) is 38.5 Å². The van der Waals surface area contributed by atoms with Gasteiger partial charge in [0.15, 0.2) is 0 Å². The van der Waals surface area contributed by atoms with Crippen molar-refractivity contribution in [2.45, 2.75) is 59.7 Å². The van der Waals surface area contributed by atoms with Crippen LogP contribution in [0.1, 0.15) is 46.4 Å². The van der Waals surface area contributed by atoms with Gasteiger partial charge in [-0.15, -0.1) is 10.2 Å². The molecule has 0 amide bonds. The van der Waals surface area contributed by atoms with Gasteiger partial charge in [-0.05, 0) is 18.3 Å². The first-order chi connectivity index (χ1) is 9.58. The maximum Gasteiger partial charge on any atom is 0.147 e. The van der Waals surface area contributed by atoms with Crippen LogP contribution in [0.2, 0.25) is 0 Å². The molecule has 0 spiro atoms. The third-order valence-electron chi connectivity index (χ3n) is 4.66. The maximum absolute atomic E-state index is 4.22. The molecule has 114 valence electrons. The Balaban J connectivity index is 1.98. The predicted octanol–water partition coefficient (Wildman–Crippen LogP) is 1.90. The lowest BCUT2D eigenvalue weighted by Gasteiger charge is -2.39. The quantitative estimate of drug-likeness (QED) is 0.828. The van der Waals surface area contributed by atoms with Crippen LogP contribution in [0, 0.1) is 5.41 Å². The molecule has 1 aliphatic heterocycles. The van der Waals surface area contributed by atoms with E-state index in [2.05, 4.69) is 52.7 Å². The summed E-state index contributed by atoms with van der Waals surface area (Å²) in [5.74, 6) is 1.11. The Labute approximate surface area is 122 Å². The van der Waals surface area contributed by atoms with E-state index in [9.17, 15) is 0 Å². The van der Waals surface area contributed by atoms with E-state index in [1.165, 1.54) is 12.8 Å². The molecule has 1 aromatic heterocycles. The smallest absolute Gasteiger partial charge is 0.147 e. The Hall–Kier alpha value is -0.940. The molecule has 0 radical (unpaired) electrons. The molecule has 0 saturated carbocycles. The van der Waals surface area contributed by atoms with Gasteiger partial charge in [0, 0.05) is 32.2 Å². The molecule has 5 nitrogen and oxygen atoms in total. The first kappa shape index (κ1) is 15.4. The van der Waals surface area contributed by atoms with Gasteiger partial charge in [0.1, 0.15) is 12.2 Å². The molecular weight excluding hydrogens is 250 g/mol. The zero-order valence-corrected chi connectivity index (χ0v) is 13.4. The lowest BCUT2D eigenvalue weighted by atomic mass is 9.81. The zero-order valence-electron chi connectivity index (χ0n) is 13.4. The van der Waals surface area contributed by atoms with Crippen LogP contribution in [0.5, 0.6) is 0 Å². The third-order valence-corrected chi connectivity index (χ3v) is 4.66. The fourth-order valence-corrected chi connectivity index (χ4v) is 2.93. The second-order valence-electron chi connectivity index (χ2n) is 6.39. The average molecular weight is 279 g/mol. The Morgan fingerprint density at radius 2 is 2.05 bits per heavy atom. The maximum atomic E-state index is 4.22. The summed E-state index contributed by atoms with van der Waals surface area (Å²) < 4.78 is 2.17. The number of nitrogens with one attached hydrogen (secondary N) is 1. The van der Waals surface area contributed by atoms with Crippen molar-refractivity contribution in [2.75, 3.05) is 19.6 Å². The number of hydrogen-bond acceptors (Lipinski definition) is 4. The number of nitrogens with zero attached hydrogens (tertiary/aromatic N) is 4. The van der Waals surface area contributed by atoms with Crippen molar-refractivity contribution in [1.82, 2.24) is 25.0 Å². The minimum atomic E-state index is 0.368. The van der Waals surface area contributed by atoms with E-state index in [-0.39, 0.29) is 0 Å². The number of rotatable bonds is 7. The summed E-state index contributed by atoms with van der Waals surface area (Å²) in [6.45, 7) is 14.4. The van der Waals surface area contributed by atoms with Crippen LogP contribution in [0.3, 0.4) is 0 Å². The van der Waals surface area contributed by atoms with Gasteiger partial charge in [-0.25, -0.2) is 0 Å².